The van der Waals surface area contributed by atoms with Crippen LogP contribution < -0.4 is 0 Å². The summed E-state index contributed by atoms with van der Waals surface area (Å²) in [5.74, 6) is -0.916. The molecule has 21 heavy (non-hydrogen) atoms. The number of nitrogens with zero attached hydrogens (tertiary/aromatic N) is 1. The second-order valence-corrected chi connectivity index (χ2v) is 8.19. The standard InChI is InChI=1S/C14H18BrNO4S/c1-2-14(13(17)18)8-3-9-16(10-14)21(19,20)12-6-4-11(15)5-7-12/h4-7H,2-3,8-10H2,1H3,(H,17,18). The number of carboxylic acid groups (broad SMARTS) is 1. The molecule has 1 aromatic carbocycles. The largest absolute Gasteiger partial charge is 0.481 e. The van der Waals surface area contributed by atoms with Crippen LogP contribution in [0.2, 0.25) is 0 Å². The Morgan fingerprint density at radius 3 is 2.52 bits per heavy atom. The zero-order valence-electron chi connectivity index (χ0n) is 11.8. The van der Waals surface area contributed by atoms with Crippen LogP contribution in [0.4, 0.5) is 0 Å². The zero-order chi connectivity index (χ0) is 15.7. The summed E-state index contributed by atoms with van der Waals surface area (Å²) in [6.07, 6.45) is 1.51. The molecule has 0 saturated carbocycles. The van der Waals surface area contributed by atoms with Gasteiger partial charge in [0.15, 0.2) is 0 Å². The van der Waals surface area contributed by atoms with E-state index < -0.39 is 21.4 Å². The van der Waals surface area contributed by atoms with Crippen molar-refractivity contribution in [3.05, 3.63) is 28.7 Å². The predicted octanol–water partition coefficient (Wildman–Crippen LogP) is 2.71. The lowest BCUT2D eigenvalue weighted by atomic mass is 9.78. The van der Waals surface area contributed by atoms with Gasteiger partial charge in [-0.25, -0.2) is 8.42 Å². The first-order chi connectivity index (χ1) is 9.82. The quantitative estimate of drug-likeness (QED) is 0.877. The zero-order valence-corrected chi connectivity index (χ0v) is 14.2. The number of hydrogen-bond acceptors (Lipinski definition) is 3. The Labute approximate surface area is 133 Å². The van der Waals surface area contributed by atoms with Crippen molar-refractivity contribution in [1.82, 2.24) is 4.31 Å². The van der Waals surface area contributed by atoms with Crippen LogP contribution in [0, 0.1) is 5.41 Å². The number of carboxylic acids is 1. The monoisotopic (exact) mass is 375 g/mol. The molecule has 116 valence electrons. The van der Waals surface area contributed by atoms with E-state index in [1.807, 2.05) is 0 Å². The van der Waals surface area contributed by atoms with Gasteiger partial charge < -0.3 is 5.11 Å². The first-order valence-corrected chi connectivity index (χ1v) is 9.04. The number of benzene rings is 1. The van der Waals surface area contributed by atoms with E-state index in [1.165, 1.54) is 16.4 Å². The third-order valence-electron chi connectivity index (χ3n) is 4.12. The van der Waals surface area contributed by atoms with Gasteiger partial charge in [-0.1, -0.05) is 22.9 Å². The van der Waals surface area contributed by atoms with Gasteiger partial charge in [-0.05, 0) is 43.5 Å². The molecule has 1 atom stereocenters. The first-order valence-electron chi connectivity index (χ1n) is 6.81. The highest BCUT2D eigenvalue weighted by Crippen LogP contribution is 2.36. The SMILES string of the molecule is CCC1(C(=O)O)CCCN(S(=O)(=O)c2ccc(Br)cc2)C1. The Kier molecular flexibility index (Phi) is 4.75. The van der Waals surface area contributed by atoms with Crippen molar-refractivity contribution in [2.24, 2.45) is 5.41 Å². The number of sulfonamides is 1. The lowest BCUT2D eigenvalue weighted by Gasteiger charge is -2.38. The number of piperidine rings is 1. The van der Waals surface area contributed by atoms with Gasteiger partial charge in [-0.3, -0.25) is 4.79 Å². The van der Waals surface area contributed by atoms with E-state index in [1.54, 1.807) is 19.1 Å². The molecule has 1 N–H and O–H groups in total. The van der Waals surface area contributed by atoms with Crippen LogP contribution in [-0.2, 0) is 14.8 Å². The second kappa shape index (κ2) is 6.06. The number of carbonyl (C=O) groups is 1. The maximum Gasteiger partial charge on any atom is 0.310 e. The van der Waals surface area contributed by atoms with Gasteiger partial charge in [0.1, 0.15) is 0 Å². The summed E-state index contributed by atoms with van der Waals surface area (Å²) in [7, 11) is -3.64. The maximum atomic E-state index is 12.6. The average molecular weight is 376 g/mol. The molecule has 1 aliphatic heterocycles. The van der Waals surface area contributed by atoms with Crippen LogP contribution in [0.25, 0.3) is 0 Å². The van der Waals surface area contributed by atoms with E-state index >= 15 is 0 Å². The van der Waals surface area contributed by atoms with E-state index in [9.17, 15) is 18.3 Å². The van der Waals surface area contributed by atoms with Crippen molar-refractivity contribution < 1.29 is 18.3 Å². The highest BCUT2D eigenvalue weighted by Gasteiger charge is 2.44. The molecule has 0 spiro atoms. The molecule has 1 saturated heterocycles. The van der Waals surface area contributed by atoms with Crippen LogP contribution in [0.1, 0.15) is 26.2 Å². The Bertz CT molecular complexity index is 629. The Morgan fingerprint density at radius 1 is 1.38 bits per heavy atom. The Balaban J connectivity index is 2.32. The van der Waals surface area contributed by atoms with Gasteiger partial charge in [-0.15, -0.1) is 0 Å². The fraction of sp³-hybridized carbons (Fsp3) is 0.500. The van der Waals surface area contributed by atoms with Crippen LogP contribution in [-0.4, -0.2) is 36.9 Å². The molecule has 0 radical (unpaired) electrons. The third kappa shape index (κ3) is 3.14. The first kappa shape index (κ1) is 16.5. The highest BCUT2D eigenvalue weighted by atomic mass is 79.9. The van der Waals surface area contributed by atoms with Crippen molar-refractivity contribution in [1.29, 1.82) is 0 Å². The van der Waals surface area contributed by atoms with E-state index in [0.717, 1.165) is 4.47 Å². The number of hydrogen-bond donors (Lipinski definition) is 1. The molecule has 1 heterocycles. The number of aliphatic carboxylic acids is 1. The predicted molar refractivity (Wildman–Crippen MR) is 82.5 cm³/mol. The van der Waals surface area contributed by atoms with Crippen molar-refractivity contribution >= 4 is 31.9 Å². The van der Waals surface area contributed by atoms with Crippen LogP contribution in [0.3, 0.4) is 0 Å². The smallest absolute Gasteiger partial charge is 0.310 e. The third-order valence-corrected chi connectivity index (χ3v) is 6.51. The summed E-state index contributed by atoms with van der Waals surface area (Å²) in [5, 5.41) is 9.45. The average Bonchev–Trinajstić information content (AvgIpc) is 2.47. The van der Waals surface area contributed by atoms with Crippen molar-refractivity contribution in [2.75, 3.05) is 13.1 Å². The van der Waals surface area contributed by atoms with Gasteiger partial charge in [-0.2, -0.15) is 4.31 Å². The fourth-order valence-corrected chi connectivity index (χ4v) is 4.49. The second-order valence-electron chi connectivity index (χ2n) is 5.34. The molecule has 1 unspecified atom stereocenters. The molecule has 0 amide bonds. The fourth-order valence-electron chi connectivity index (χ4n) is 2.66. The maximum absolute atomic E-state index is 12.6. The van der Waals surface area contributed by atoms with Crippen LogP contribution in [0.5, 0.6) is 0 Å². The summed E-state index contributed by atoms with van der Waals surface area (Å²) < 4.78 is 27.4. The Hall–Kier alpha value is -0.920. The Morgan fingerprint density at radius 2 is 2.00 bits per heavy atom. The minimum atomic E-state index is -3.64. The summed E-state index contributed by atoms with van der Waals surface area (Å²) in [6.45, 7) is 2.20. The molecule has 0 bridgehead atoms. The molecule has 2 rings (SSSR count). The lowest BCUT2D eigenvalue weighted by Crippen LogP contribution is -2.49. The molecule has 0 aromatic heterocycles. The topological polar surface area (TPSA) is 74.7 Å². The van der Waals surface area contributed by atoms with E-state index in [2.05, 4.69) is 15.9 Å². The van der Waals surface area contributed by atoms with Crippen molar-refractivity contribution in [2.45, 2.75) is 31.1 Å². The molecule has 7 heteroatoms. The molecule has 1 fully saturated rings. The van der Waals surface area contributed by atoms with E-state index in [-0.39, 0.29) is 11.4 Å². The lowest BCUT2D eigenvalue weighted by molar-refractivity contribution is -0.151. The normalized spacial score (nSPS) is 23.9. The van der Waals surface area contributed by atoms with Gasteiger partial charge in [0.2, 0.25) is 10.0 Å². The molecular weight excluding hydrogens is 358 g/mol. The van der Waals surface area contributed by atoms with Crippen LogP contribution >= 0.6 is 15.9 Å². The molecule has 5 nitrogen and oxygen atoms in total. The van der Waals surface area contributed by atoms with Crippen molar-refractivity contribution in [3.63, 3.8) is 0 Å². The minimum absolute atomic E-state index is 0.0389. The van der Waals surface area contributed by atoms with E-state index in [4.69, 9.17) is 0 Å². The summed E-state index contributed by atoms with van der Waals surface area (Å²) in [6, 6.07) is 6.40. The van der Waals surface area contributed by atoms with Gasteiger partial charge in [0.25, 0.3) is 0 Å². The van der Waals surface area contributed by atoms with Crippen molar-refractivity contribution in [3.8, 4) is 0 Å². The van der Waals surface area contributed by atoms with Gasteiger partial charge in [0.05, 0.1) is 10.3 Å². The summed E-state index contributed by atoms with van der Waals surface area (Å²) in [4.78, 5) is 11.7. The number of rotatable bonds is 4. The molecule has 1 aliphatic rings. The van der Waals surface area contributed by atoms with E-state index in [0.29, 0.717) is 25.8 Å². The number of halogens is 1. The van der Waals surface area contributed by atoms with Crippen LogP contribution in [0.15, 0.2) is 33.6 Å². The van der Waals surface area contributed by atoms with Gasteiger partial charge in [0, 0.05) is 17.6 Å². The van der Waals surface area contributed by atoms with Gasteiger partial charge >= 0.3 is 5.97 Å². The highest BCUT2D eigenvalue weighted by molar-refractivity contribution is 9.10. The molecular formula is C14H18BrNO4S. The summed E-state index contributed by atoms with van der Waals surface area (Å²) >= 11 is 3.27. The molecule has 0 aliphatic carbocycles. The minimum Gasteiger partial charge on any atom is -0.481 e. The summed E-state index contributed by atoms with van der Waals surface area (Å²) in [5.41, 5.74) is -0.972. The molecule has 1 aromatic rings.